The third-order valence-electron chi connectivity index (χ3n) is 5.14. The Labute approximate surface area is 205 Å². The van der Waals surface area contributed by atoms with E-state index in [-0.39, 0.29) is 11.7 Å². The first kappa shape index (κ1) is 25.1. The van der Waals surface area contributed by atoms with E-state index in [1.165, 1.54) is 6.08 Å². The Bertz CT molecular complexity index is 1160. The smallest absolute Gasteiger partial charge is 0.248 e. The largest absolute Gasteiger partial charge is 0.493 e. The van der Waals surface area contributed by atoms with E-state index in [9.17, 15) is 9.59 Å². The van der Waals surface area contributed by atoms with Crippen molar-refractivity contribution in [3.05, 3.63) is 94.5 Å². The van der Waals surface area contributed by atoms with Gasteiger partial charge in [0.15, 0.2) is 17.3 Å². The zero-order chi connectivity index (χ0) is 24.3. The predicted octanol–water partition coefficient (Wildman–Crippen LogP) is 6.80. The van der Waals surface area contributed by atoms with Gasteiger partial charge in [0, 0.05) is 22.2 Å². The van der Waals surface area contributed by atoms with Gasteiger partial charge < -0.3 is 14.8 Å². The summed E-state index contributed by atoms with van der Waals surface area (Å²) in [7, 11) is 1.58. The second-order valence-corrected chi connectivity index (χ2v) is 8.11. The van der Waals surface area contributed by atoms with Crippen molar-refractivity contribution in [2.75, 3.05) is 19.0 Å². The fraction of sp³-hybridized carbons (Fsp3) is 0.214. The quantitative estimate of drug-likeness (QED) is 0.187. The van der Waals surface area contributed by atoms with Crippen molar-refractivity contribution in [2.45, 2.75) is 26.2 Å². The first-order valence-corrected chi connectivity index (χ1v) is 11.6. The molecule has 0 unspecified atom stereocenters. The maximum Gasteiger partial charge on any atom is 0.248 e. The van der Waals surface area contributed by atoms with Gasteiger partial charge >= 0.3 is 0 Å². The highest BCUT2D eigenvalue weighted by Crippen LogP contribution is 2.29. The van der Waals surface area contributed by atoms with E-state index in [1.54, 1.807) is 55.7 Å². The molecule has 5 nitrogen and oxygen atoms in total. The van der Waals surface area contributed by atoms with Gasteiger partial charge in [0.25, 0.3) is 0 Å². The highest BCUT2D eigenvalue weighted by molar-refractivity contribution is 6.31. The molecule has 1 amide bonds. The lowest BCUT2D eigenvalue weighted by Crippen LogP contribution is -2.12. The van der Waals surface area contributed by atoms with E-state index >= 15 is 0 Å². The van der Waals surface area contributed by atoms with E-state index < -0.39 is 0 Å². The molecule has 0 saturated heterocycles. The van der Waals surface area contributed by atoms with Crippen LogP contribution >= 0.6 is 11.6 Å². The van der Waals surface area contributed by atoms with Crippen LogP contribution in [0.5, 0.6) is 11.5 Å². The Kier molecular flexibility index (Phi) is 9.30. The molecule has 0 spiro atoms. The third-order valence-corrected chi connectivity index (χ3v) is 5.38. The number of methoxy groups -OCH3 is 1. The lowest BCUT2D eigenvalue weighted by molar-refractivity contribution is -0.111. The van der Waals surface area contributed by atoms with Crippen LogP contribution in [0, 0.1) is 0 Å². The van der Waals surface area contributed by atoms with Crippen LogP contribution in [-0.2, 0) is 4.79 Å². The molecule has 0 saturated carbocycles. The zero-order valence-electron chi connectivity index (χ0n) is 19.3. The maximum atomic E-state index is 12.9. The minimum Gasteiger partial charge on any atom is -0.493 e. The molecule has 0 bridgehead atoms. The molecule has 3 aromatic carbocycles. The van der Waals surface area contributed by atoms with Crippen molar-refractivity contribution in [1.82, 2.24) is 0 Å². The molecule has 176 valence electrons. The van der Waals surface area contributed by atoms with Gasteiger partial charge in [0.2, 0.25) is 5.91 Å². The first-order valence-electron chi connectivity index (χ1n) is 11.2. The molecule has 0 aliphatic carbocycles. The lowest BCUT2D eigenvalue weighted by atomic mass is 10.0. The minimum atomic E-state index is -0.372. The number of amides is 1. The molecule has 0 heterocycles. The summed E-state index contributed by atoms with van der Waals surface area (Å²) in [4.78, 5) is 25.5. The molecule has 3 aromatic rings. The van der Waals surface area contributed by atoms with Crippen molar-refractivity contribution in [2.24, 2.45) is 0 Å². The number of carbonyl (C=O) groups is 2. The number of nitrogens with one attached hydrogen (secondary N) is 1. The Balaban J connectivity index is 1.71. The Morgan fingerprint density at radius 1 is 0.971 bits per heavy atom. The molecule has 0 aliphatic rings. The van der Waals surface area contributed by atoms with Gasteiger partial charge in [-0.2, -0.15) is 0 Å². The summed E-state index contributed by atoms with van der Waals surface area (Å²) in [6.45, 7) is 2.78. The fourth-order valence-corrected chi connectivity index (χ4v) is 3.52. The number of carbonyl (C=O) groups excluding carboxylic acids is 2. The molecule has 0 aliphatic heterocycles. The van der Waals surface area contributed by atoms with Crippen molar-refractivity contribution in [1.29, 1.82) is 0 Å². The van der Waals surface area contributed by atoms with E-state index in [1.807, 2.05) is 24.3 Å². The van der Waals surface area contributed by atoms with Crippen LogP contribution in [0.25, 0.3) is 6.08 Å². The lowest BCUT2D eigenvalue weighted by Gasteiger charge is -2.11. The predicted molar refractivity (Wildman–Crippen MR) is 137 cm³/mol. The Morgan fingerprint density at radius 2 is 1.76 bits per heavy atom. The van der Waals surface area contributed by atoms with Crippen LogP contribution < -0.4 is 14.8 Å². The topological polar surface area (TPSA) is 64.6 Å². The zero-order valence-corrected chi connectivity index (χ0v) is 20.1. The second kappa shape index (κ2) is 12.6. The Morgan fingerprint density at radius 3 is 2.50 bits per heavy atom. The Hall–Kier alpha value is -3.57. The van der Waals surface area contributed by atoms with Gasteiger partial charge in [-0.25, -0.2) is 0 Å². The molecule has 34 heavy (non-hydrogen) atoms. The monoisotopic (exact) mass is 477 g/mol. The highest BCUT2D eigenvalue weighted by Gasteiger charge is 2.15. The van der Waals surface area contributed by atoms with Gasteiger partial charge in [0.1, 0.15) is 0 Å². The number of ether oxygens (including phenoxy) is 2. The molecule has 3 rings (SSSR count). The maximum absolute atomic E-state index is 12.9. The van der Waals surface area contributed by atoms with Gasteiger partial charge in [-0.15, -0.1) is 0 Å². The average Bonchev–Trinajstić information content (AvgIpc) is 2.87. The first-order chi connectivity index (χ1) is 16.5. The number of ketones is 1. The normalized spacial score (nSPS) is 10.8. The van der Waals surface area contributed by atoms with Crippen LogP contribution in [0.1, 0.15) is 47.7 Å². The second-order valence-electron chi connectivity index (χ2n) is 7.67. The molecule has 6 heteroatoms. The summed E-state index contributed by atoms with van der Waals surface area (Å²) >= 11 is 6.11. The van der Waals surface area contributed by atoms with Gasteiger partial charge in [-0.1, -0.05) is 67.8 Å². The van der Waals surface area contributed by atoms with Crippen LogP contribution in [0.3, 0.4) is 0 Å². The molecular weight excluding hydrogens is 450 g/mol. The fourth-order valence-electron chi connectivity index (χ4n) is 3.35. The number of rotatable bonds is 11. The van der Waals surface area contributed by atoms with E-state index in [4.69, 9.17) is 21.1 Å². The average molecular weight is 478 g/mol. The van der Waals surface area contributed by atoms with Crippen LogP contribution in [0.2, 0.25) is 5.02 Å². The standard InChI is InChI=1S/C28H28ClNO4/c1-3-4-8-17-34-25-15-11-20(18-26(25)33-2)12-16-27(31)30-24-14-13-22(29)19-23(24)28(32)21-9-6-5-7-10-21/h5-7,9-16,18-19H,3-4,8,17H2,1-2H3,(H,30,31)/b16-12+. The van der Waals surface area contributed by atoms with Gasteiger partial charge in [-0.3, -0.25) is 9.59 Å². The number of hydrogen-bond acceptors (Lipinski definition) is 4. The molecule has 0 aromatic heterocycles. The highest BCUT2D eigenvalue weighted by atomic mass is 35.5. The minimum absolute atomic E-state index is 0.221. The van der Waals surface area contributed by atoms with Crippen molar-refractivity contribution in [3.8, 4) is 11.5 Å². The molecule has 0 radical (unpaired) electrons. The molecular formula is C28H28ClNO4. The summed E-state index contributed by atoms with van der Waals surface area (Å²) in [5.41, 5.74) is 2.01. The van der Waals surface area contributed by atoms with Gasteiger partial charge in [0.05, 0.1) is 19.4 Å². The van der Waals surface area contributed by atoms with E-state index in [0.29, 0.717) is 39.9 Å². The van der Waals surface area contributed by atoms with E-state index in [2.05, 4.69) is 12.2 Å². The molecule has 0 fully saturated rings. The summed E-state index contributed by atoms with van der Waals surface area (Å²) in [5, 5.41) is 3.19. The summed E-state index contributed by atoms with van der Waals surface area (Å²) in [5.74, 6) is 0.683. The summed E-state index contributed by atoms with van der Waals surface area (Å²) in [6.07, 6.45) is 6.31. The number of halogens is 1. The van der Waals surface area contributed by atoms with Crippen LogP contribution in [0.15, 0.2) is 72.8 Å². The van der Waals surface area contributed by atoms with E-state index in [0.717, 1.165) is 24.8 Å². The van der Waals surface area contributed by atoms with Crippen molar-refractivity contribution in [3.63, 3.8) is 0 Å². The van der Waals surface area contributed by atoms with Gasteiger partial charge in [-0.05, 0) is 48.4 Å². The number of unbranched alkanes of at least 4 members (excludes halogenated alkanes) is 2. The summed E-state index contributed by atoms with van der Waals surface area (Å²) in [6, 6.07) is 19.2. The third kappa shape index (κ3) is 6.96. The number of benzene rings is 3. The SMILES string of the molecule is CCCCCOc1ccc(/C=C/C(=O)Nc2ccc(Cl)cc2C(=O)c2ccccc2)cc1OC. The number of anilines is 1. The van der Waals surface area contributed by atoms with Crippen LogP contribution in [-0.4, -0.2) is 25.4 Å². The molecule has 1 N–H and O–H groups in total. The summed E-state index contributed by atoms with van der Waals surface area (Å²) < 4.78 is 11.2. The van der Waals surface area contributed by atoms with Crippen molar-refractivity contribution >= 4 is 35.1 Å². The van der Waals surface area contributed by atoms with Crippen LogP contribution in [0.4, 0.5) is 5.69 Å². The van der Waals surface area contributed by atoms with Crippen molar-refractivity contribution < 1.29 is 19.1 Å². The molecule has 0 atom stereocenters. The number of hydrogen-bond donors (Lipinski definition) is 1.